The van der Waals surface area contributed by atoms with Gasteiger partial charge in [0.1, 0.15) is 0 Å². The molecule has 3 nitrogen and oxygen atoms in total. The number of rotatable bonds is 7. The lowest BCUT2D eigenvalue weighted by Gasteiger charge is -2.22. The van der Waals surface area contributed by atoms with Gasteiger partial charge in [-0.25, -0.2) is 8.42 Å². The van der Waals surface area contributed by atoms with Gasteiger partial charge in [0.15, 0.2) is 0 Å². The van der Waals surface area contributed by atoms with Crippen LogP contribution in [-0.2, 0) is 20.4 Å². The van der Waals surface area contributed by atoms with Crippen molar-refractivity contribution in [1.82, 2.24) is 0 Å². The van der Waals surface area contributed by atoms with E-state index in [-0.39, 0.29) is 5.75 Å². The minimum atomic E-state index is -3.33. The van der Waals surface area contributed by atoms with Crippen LogP contribution >= 0.6 is 0 Å². The molecule has 0 aliphatic carbocycles. The van der Waals surface area contributed by atoms with Crippen LogP contribution in [0.1, 0.15) is 18.9 Å². The Morgan fingerprint density at radius 1 is 1.17 bits per heavy atom. The van der Waals surface area contributed by atoms with Crippen LogP contribution in [0.4, 0.5) is 0 Å². The molecule has 1 rings (SSSR count). The second kappa shape index (κ2) is 6.50. The van der Waals surface area contributed by atoms with Gasteiger partial charge in [-0.15, -0.1) is 0 Å². The SMILES string of the molecule is CCCS(=O)(=O)O[Si](C)(C)CCc1ccccc1. The second-order valence-electron chi connectivity index (χ2n) is 5.09. The Hall–Kier alpha value is -0.653. The maximum atomic E-state index is 11.7. The van der Waals surface area contributed by atoms with Crippen molar-refractivity contribution in [2.24, 2.45) is 0 Å². The van der Waals surface area contributed by atoms with Gasteiger partial charge in [0, 0.05) is 0 Å². The Labute approximate surface area is 111 Å². The molecule has 0 unspecified atom stereocenters. The average molecular weight is 286 g/mol. The summed E-state index contributed by atoms with van der Waals surface area (Å²) in [7, 11) is -5.48. The third-order valence-corrected chi connectivity index (χ3v) is 7.85. The first-order chi connectivity index (χ1) is 8.35. The molecule has 1 aromatic carbocycles. The van der Waals surface area contributed by atoms with Gasteiger partial charge in [0.25, 0.3) is 10.1 Å². The Bertz CT molecular complexity index is 454. The maximum Gasteiger partial charge on any atom is 0.257 e. The van der Waals surface area contributed by atoms with E-state index in [0.717, 1.165) is 12.5 Å². The highest BCUT2D eigenvalue weighted by atomic mass is 32.2. The Morgan fingerprint density at radius 2 is 1.78 bits per heavy atom. The van der Waals surface area contributed by atoms with Crippen molar-refractivity contribution >= 4 is 18.4 Å². The summed E-state index contributed by atoms with van der Waals surface area (Å²) in [6.07, 6.45) is 1.48. The standard InChI is InChI=1S/C13H22O3SSi/c1-4-11-17(14,15)16-18(2,3)12-10-13-8-6-5-7-9-13/h5-9H,4,10-12H2,1-3H3. The Balaban J connectivity index is 2.55. The Morgan fingerprint density at radius 3 is 2.33 bits per heavy atom. The Kier molecular flexibility index (Phi) is 5.56. The van der Waals surface area contributed by atoms with E-state index in [0.29, 0.717) is 6.42 Å². The molecule has 0 fully saturated rings. The van der Waals surface area contributed by atoms with E-state index in [4.69, 9.17) is 3.87 Å². The average Bonchev–Trinajstić information content (AvgIpc) is 2.26. The zero-order valence-electron chi connectivity index (χ0n) is 11.3. The van der Waals surface area contributed by atoms with Crippen LogP contribution in [0.15, 0.2) is 30.3 Å². The van der Waals surface area contributed by atoms with Gasteiger partial charge < -0.3 is 3.87 Å². The summed E-state index contributed by atoms with van der Waals surface area (Å²) in [6.45, 7) is 5.77. The van der Waals surface area contributed by atoms with E-state index >= 15 is 0 Å². The molecular weight excluding hydrogens is 264 g/mol. The van der Waals surface area contributed by atoms with E-state index in [9.17, 15) is 8.42 Å². The maximum absolute atomic E-state index is 11.7. The topological polar surface area (TPSA) is 43.4 Å². The lowest BCUT2D eigenvalue weighted by atomic mass is 10.2. The molecule has 0 heterocycles. The fourth-order valence-corrected chi connectivity index (χ4v) is 6.57. The summed E-state index contributed by atoms with van der Waals surface area (Å²) in [6, 6.07) is 10.9. The lowest BCUT2D eigenvalue weighted by Crippen LogP contribution is -2.34. The fraction of sp³-hybridized carbons (Fsp3) is 0.538. The van der Waals surface area contributed by atoms with E-state index in [1.54, 1.807) is 0 Å². The van der Waals surface area contributed by atoms with E-state index in [1.807, 2.05) is 38.2 Å². The molecule has 0 atom stereocenters. The van der Waals surface area contributed by atoms with Crippen molar-refractivity contribution in [2.45, 2.75) is 38.9 Å². The monoisotopic (exact) mass is 286 g/mol. The molecule has 5 heteroatoms. The summed E-state index contributed by atoms with van der Waals surface area (Å²) in [5.41, 5.74) is 1.23. The molecule has 0 N–H and O–H groups in total. The number of hydrogen-bond donors (Lipinski definition) is 0. The zero-order chi connectivity index (χ0) is 13.6. The predicted octanol–water partition coefficient (Wildman–Crippen LogP) is 3.19. The van der Waals surface area contributed by atoms with Gasteiger partial charge in [0.2, 0.25) is 8.32 Å². The van der Waals surface area contributed by atoms with E-state index < -0.39 is 18.4 Å². The molecular formula is C13H22O3SSi. The minimum absolute atomic E-state index is 0.120. The summed E-state index contributed by atoms with van der Waals surface area (Å²) in [5, 5.41) is 0. The van der Waals surface area contributed by atoms with Gasteiger partial charge in [-0.2, -0.15) is 0 Å². The van der Waals surface area contributed by atoms with Crippen LogP contribution < -0.4 is 0 Å². The smallest absolute Gasteiger partial charge is 0.257 e. The fourth-order valence-electron chi connectivity index (χ4n) is 1.77. The third kappa shape index (κ3) is 5.80. The van der Waals surface area contributed by atoms with E-state index in [2.05, 4.69) is 12.1 Å². The molecule has 0 saturated carbocycles. The molecule has 0 aliphatic heterocycles. The van der Waals surface area contributed by atoms with Crippen molar-refractivity contribution in [1.29, 1.82) is 0 Å². The molecule has 0 aliphatic rings. The number of benzene rings is 1. The minimum Gasteiger partial charge on any atom is -0.315 e. The molecule has 0 amide bonds. The van der Waals surface area contributed by atoms with Crippen LogP contribution in [0.3, 0.4) is 0 Å². The highest BCUT2D eigenvalue weighted by Crippen LogP contribution is 2.18. The van der Waals surface area contributed by atoms with Gasteiger partial charge in [-0.05, 0) is 37.5 Å². The first kappa shape index (κ1) is 15.4. The quantitative estimate of drug-likeness (QED) is 0.723. The highest BCUT2D eigenvalue weighted by Gasteiger charge is 2.28. The van der Waals surface area contributed by atoms with Crippen molar-refractivity contribution in [2.75, 3.05) is 5.75 Å². The van der Waals surface area contributed by atoms with Crippen molar-refractivity contribution in [3.05, 3.63) is 35.9 Å². The van der Waals surface area contributed by atoms with Gasteiger partial charge >= 0.3 is 0 Å². The van der Waals surface area contributed by atoms with Gasteiger partial charge in [0.05, 0.1) is 5.75 Å². The molecule has 102 valence electrons. The molecule has 0 bridgehead atoms. The van der Waals surface area contributed by atoms with Crippen LogP contribution in [0.5, 0.6) is 0 Å². The predicted molar refractivity (Wildman–Crippen MR) is 77.6 cm³/mol. The largest absolute Gasteiger partial charge is 0.315 e. The van der Waals surface area contributed by atoms with Crippen LogP contribution in [0.2, 0.25) is 19.1 Å². The second-order valence-corrected chi connectivity index (χ2v) is 11.3. The van der Waals surface area contributed by atoms with Crippen LogP contribution in [0, 0.1) is 0 Å². The molecule has 0 radical (unpaired) electrons. The van der Waals surface area contributed by atoms with Crippen molar-refractivity contribution < 1.29 is 12.3 Å². The van der Waals surface area contributed by atoms with Crippen molar-refractivity contribution in [3.63, 3.8) is 0 Å². The van der Waals surface area contributed by atoms with Gasteiger partial charge in [-0.1, -0.05) is 37.3 Å². The summed E-state index contributed by atoms with van der Waals surface area (Å²) in [4.78, 5) is 0. The van der Waals surface area contributed by atoms with Crippen LogP contribution in [0.25, 0.3) is 0 Å². The first-order valence-corrected chi connectivity index (χ1v) is 11.0. The molecule has 0 saturated heterocycles. The summed E-state index contributed by atoms with van der Waals surface area (Å²) in [5.74, 6) is 0.120. The number of aryl methyl sites for hydroxylation is 1. The molecule has 1 aromatic rings. The lowest BCUT2D eigenvalue weighted by molar-refractivity contribution is 0.480. The normalized spacial score (nSPS) is 12.6. The highest BCUT2D eigenvalue weighted by molar-refractivity contribution is 7.87. The van der Waals surface area contributed by atoms with Crippen LogP contribution in [-0.4, -0.2) is 22.5 Å². The molecule has 18 heavy (non-hydrogen) atoms. The van der Waals surface area contributed by atoms with E-state index in [1.165, 1.54) is 5.56 Å². The van der Waals surface area contributed by atoms with Gasteiger partial charge in [-0.3, -0.25) is 0 Å². The number of hydrogen-bond acceptors (Lipinski definition) is 3. The summed E-state index contributed by atoms with van der Waals surface area (Å²) < 4.78 is 28.7. The third-order valence-electron chi connectivity index (χ3n) is 2.67. The molecule has 0 spiro atoms. The first-order valence-electron chi connectivity index (χ1n) is 6.32. The summed E-state index contributed by atoms with van der Waals surface area (Å²) >= 11 is 0. The van der Waals surface area contributed by atoms with Crippen molar-refractivity contribution in [3.8, 4) is 0 Å². The molecule has 0 aromatic heterocycles. The zero-order valence-corrected chi connectivity index (χ0v) is 13.2.